The summed E-state index contributed by atoms with van der Waals surface area (Å²) < 4.78 is 0. The molecule has 0 amide bonds. The Morgan fingerprint density at radius 2 is 2.22 bits per heavy atom. The van der Waals surface area contributed by atoms with Crippen LogP contribution in [0.5, 0.6) is 0 Å². The number of hydrogen-bond donors (Lipinski definition) is 1. The molecule has 1 unspecified atom stereocenters. The van der Waals surface area contributed by atoms with Crippen LogP contribution in [0.2, 0.25) is 0 Å². The van der Waals surface area contributed by atoms with Gasteiger partial charge in [0.15, 0.2) is 0 Å². The van der Waals surface area contributed by atoms with Gasteiger partial charge in [-0.2, -0.15) is 11.8 Å². The predicted molar refractivity (Wildman–Crippen MR) is 78.9 cm³/mol. The molecule has 0 aliphatic carbocycles. The first-order valence-electron chi connectivity index (χ1n) is 6.65. The van der Waals surface area contributed by atoms with Crippen molar-refractivity contribution in [3.63, 3.8) is 0 Å². The molecule has 0 aromatic carbocycles. The number of nitrogens with two attached hydrogens (primary N) is 1. The molecular weight excluding hydrogens is 242 g/mol. The molecule has 2 rings (SSSR count). The molecule has 1 aliphatic heterocycles. The topological polar surface area (TPSA) is 42.2 Å². The highest BCUT2D eigenvalue weighted by Crippen LogP contribution is 2.30. The fraction of sp³-hybridized carbons (Fsp3) is 0.643. The van der Waals surface area contributed by atoms with Crippen LogP contribution in [0.25, 0.3) is 0 Å². The van der Waals surface area contributed by atoms with E-state index in [-0.39, 0.29) is 5.54 Å². The molecule has 0 saturated carbocycles. The van der Waals surface area contributed by atoms with Gasteiger partial charge in [-0.25, -0.2) is 0 Å². The third-order valence-electron chi connectivity index (χ3n) is 3.98. The average molecular weight is 265 g/mol. The largest absolute Gasteiger partial charge is 0.329 e. The number of pyridine rings is 1. The highest BCUT2D eigenvalue weighted by Gasteiger charge is 2.34. The van der Waals surface area contributed by atoms with Crippen LogP contribution in [0.3, 0.4) is 0 Å². The summed E-state index contributed by atoms with van der Waals surface area (Å²) >= 11 is 2.04. The second kappa shape index (κ2) is 6.55. The number of thioether (sulfide) groups is 1. The van der Waals surface area contributed by atoms with Gasteiger partial charge in [-0.1, -0.05) is 0 Å². The maximum atomic E-state index is 6.04. The standard InChI is InChI=1S/C14H23N3S/c1-17(9-5-13-3-7-16-8-4-13)14(11-15)6-2-10-18-12-14/h3-4,7-8H,2,5-6,9-12,15H2,1H3. The van der Waals surface area contributed by atoms with Gasteiger partial charge in [0.05, 0.1) is 0 Å². The molecule has 1 atom stereocenters. The third kappa shape index (κ3) is 3.25. The summed E-state index contributed by atoms with van der Waals surface area (Å²) in [7, 11) is 2.22. The maximum Gasteiger partial charge on any atom is 0.0419 e. The van der Waals surface area contributed by atoms with Gasteiger partial charge in [0.1, 0.15) is 0 Å². The maximum absolute atomic E-state index is 6.04. The molecule has 18 heavy (non-hydrogen) atoms. The summed E-state index contributed by atoms with van der Waals surface area (Å²) in [4.78, 5) is 6.53. The number of rotatable bonds is 5. The van der Waals surface area contributed by atoms with Crippen LogP contribution in [0.1, 0.15) is 18.4 Å². The van der Waals surface area contributed by atoms with Crippen molar-refractivity contribution in [1.82, 2.24) is 9.88 Å². The average Bonchev–Trinajstić information content (AvgIpc) is 2.46. The van der Waals surface area contributed by atoms with Crippen molar-refractivity contribution in [3.05, 3.63) is 30.1 Å². The number of likely N-dealkylation sites (N-methyl/N-ethyl adjacent to an activating group) is 1. The molecule has 3 nitrogen and oxygen atoms in total. The van der Waals surface area contributed by atoms with Crippen LogP contribution in [-0.4, -0.2) is 47.1 Å². The van der Waals surface area contributed by atoms with Gasteiger partial charge >= 0.3 is 0 Å². The summed E-state index contributed by atoms with van der Waals surface area (Å²) in [5.41, 5.74) is 7.62. The van der Waals surface area contributed by atoms with Gasteiger partial charge in [0.2, 0.25) is 0 Å². The van der Waals surface area contributed by atoms with Gasteiger partial charge in [-0.15, -0.1) is 0 Å². The summed E-state index contributed by atoms with van der Waals surface area (Å²) in [5, 5.41) is 0. The minimum atomic E-state index is 0.218. The molecule has 1 saturated heterocycles. The lowest BCUT2D eigenvalue weighted by Gasteiger charge is -2.43. The minimum Gasteiger partial charge on any atom is -0.329 e. The molecule has 4 heteroatoms. The van der Waals surface area contributed by atoms with E-state index < -0.39 is 0 Å². The molecule has 0 spiro atoms. The smallest absolute Gasteiger partial charge is 0.0419 e. The van der Waals surface area contributed by atoms with E-state index in [1.54, 1.807) is 0 Å². The van der Waals surface area contributed by atoms with E-state index >= 15 is 0 Å². The van der Waals surface area contributed by atoms with Crippen LogP contribution in [-0.2, 0) is 6.42 Å². The van der Waals surface area contributed by atoms with Gasteiger partial charge in [0.25, 0.3) is 0 Å². The van der Waals surface area contributed by atoms with Crippen molar-refractivity contribution in [2.45, 2.75) is 24.8 Å². The Morgan fingerprint density at radius 3 is 2.83 bits per heavy atom. The summed E-state index contributed by atoms with van der Waals surface area (Å²) in [5.74, 6) is 2.47. The molecule has 2 heterocycles. The minimum absolute atomic E-state index is 0.218. The Balaban J connectivity index is 1.91. The van der Waals surface area contributed by atoms with Gasteiger partial charge in [-0.05, 0) is 49.8 Å². The second-order valence-corrected chi connectivity index (χ2v) is 6.22. The second-order valence-electron chi connectivity index (χ2n) is 5.11. The van der Waals surface area contributed by atoms with Crippen LogP contribution in [0, 0.1) is 0 Å². The van der Waals surface area contributed by atoms with E-state index in [1.807, 2.05) is 24.2 Å². The van der Waals surface area contributed by atoms with Crippen LogP contribution in [0.4, 0.5) is 0 Å². The molecule has 1 fully saturated rings. The zero-order valence-corrected chi connectivity index (χ0v) is 12.0. The Kier molecular flexibility index (Phi) is 5.03. The molecule has 0 radical (unpaired) electrons. The molecule has 1 aliphatic rings. The number of hydrogen-bond acceptors (Lipinski definition) is 4. The lowest BCUT2D eigenvalue weighted by Crippen LogP contribution is -2.56. The van der Waals surface area contributed by atoms with E-state index in [4.69, 9.17) is 5.73 Å². The highest BCUT2D eigenvalue weighted by atomic mass is 32.2. The normalized spacial score (nSPS) is 24.4. The molecular formula is C14H23N3S. The quantitative estimate of drug-likeness (QED) is 0.881. The zero-order chi connectivity index (χ0) is 12.8. The van der Waals surface area contributed by atoms with E-state index in [9.17, 15) is 0 Å². The molecule has 0 bridgehead atoms. The Morgan fingerprint density at radius 1 is 1.44 bits per heavy atom. The van der Waals surface area contributed by atoms with Crippen molar-refractivity contribution >= 4 is 11.8 Å². The number of aromatic nitrogens is 1. The Bertz CT molecular complexity index is 349. The zero-order valence-electron chi connectivity index (χ0n) is 11.1. The predicted octanol–water partition coefficient (Wildman–Crippen LogP) is 1.78. The lowest BCUT2D eigenvalue weighted by atomic mass is 9.93. The van der Waals surface area contributed by atoms with Gasteiger partial charge < -0.3 is 5.73 Å². The van der Waals surface area contributed by atoms with Crippen molar-refractivity contribution < 1.29 is 0 Å². The van der Waals surface area contributed by atoms with Crippen molar-refractivity contribution in [2.75, 3.05) is 31.6 Å². The molecule has 2 N–H and O–H groups in total. The molecule has 100 valence electrons. The van der Waals surface area contributed by atoms with E-state index in [0.717, 1.165) is 19.5 Å². The SMILES string of the molecule is CN(CCc1ccncc1)C1(CN)CCCSC1. The first-order chi connectivity index (χ1) is 8.77. The Hall–Kier alpha value is -0.580. The van der Waals surface area contributed by atoms with Gasteiger partial charge in [0, 0.05) is 36.8 Å². The third-order valence-corrected chi connectivity index (χ3v) is 5.30. The highest BCUT2D eigenvalue weighted by molar-refractivity contribution is 7.99. The van der Waals surface area contributed by atoms with E-state index in [1.165, 1.54) is 29.9 Å². The van der Waals surface area contributed by atoms with E-state index in [0.29, 0.717) is 0 Å². The van der Waals surface area contributed by atoms with Crippen LogP contribution < -0.4 is 5.73 Å². The van der Waals surface area contributed by atoms with Crippen molar-refractivity contribution in [3.8, 4) is 0 Å². The first kappa shape index (κ1) is 13.8. The summed E-state index contributed by atoms with van der Waals surface area (Å²) in [6.45, 7) is 1.84. The fourth-order valence-corrected chi connectivity index (χ4v) is 3.89. The van der Waals surface area contributed by atoms with E-state index in [2.05, 4.69) is 29.1 Å². The summed E-state index contributed by atoms with van der Waals surface area (Å²) in [6, 6.07) is 4.19. The van der Waals surface area contributed by atoms with Crippen molar-refractivity contribution in [2.24, 2.45) is 5.73 Å². The van der Waals surface area contributed by atoms with Crippen LogP contribution >= 0.6 is 11.8 Å². The monoisotopic (exact) mass is 265 g/mol. The molecule has 1 aromatic heterocycles. The molecule has 1 aromatic rings. The van der Waals surface area contributed by atoms with Crippen molar-refractivity contribution in [1.29, 1.82) is 0 Å². The lowest BCUT2D eigenvalue weighted by molar-refractivity contribution is 0.136. The van der Waals surface area contributed by atoms with Crippen LogP contribution in [0.15, 0.2) is 24.5 Å². The Labute approximate surface area is 114 Å². The van der Waals surface area contributed by atoms with Gasteiger partial charge in [-0.3, -0.25) is 9.88 Å². The fourth-order valence-electron chi connectivity index (χ4n) is 2.54. The first-order valence-corrected chi connectivity index (χ1v) is 7.80. The number of nitrogens with zero attached hydrogens (tertiary/aromatic N) is 2. The summed E-state index contributed by atoms with van der Waals surface area (Å²) in [6.07, 6.45) is 7.34.